The van der Waals surface area contributed by atoms with Crippen molar-refractivity contribution in [3.8, 4) is 0 Å². The highest BCUT2D eigenvalue weighted by atomic mass is 35.5. The number of nitrogens with zero attached hydrogens (tertiary/aromatic N) is 2. The highest BCUT2D eigenvalue weighted by molar-refractivity contribution is 7.92. The van der Waals surface area contributed by atoms with Crippen LogP contribution in [0.4, 0.5) is 5.69 Å². The van der Waals surface area contributed by atoms with Gasteiger partial charge in [0.1, 0.15) is 6.04 Å². The molecule has 0 unspecified atom stereocenters. The molecule has 0 radical (unpaired) electrons. The van der Waals surface area contributed by atoms with Gasteiger partial charge >= 0.3 is 0 Å². The fourth-order valence-electron chi connectivity index (χ4n) is 4.96. The van der Waals surface area contributed by atoms with Crippen molar-refractivity contribution in [3.63, 3.8) is 0 Å². The Hall–Kier alpha value is -1.71. The van der Waals surface area contributed by atoms with Crippen LogP contribution in [-0.2, 0) is 26.2 Å². The van der Waals surface area contributed by atoms with Crippen LogP contribution >= 0.6 is 46.4 Å². The summed E-state index contributed by atoms with van der Waals surface area (Å²) in [6.45, 7) is 2.03. The van der Waals surface area contributed by atoms with Gasteiger partial charge in [0.05, 0.1) is 27.0 Å². The van der Waals surface area contributed by atoms with Crippen molar-refractivity contribution in [2.24, 2.45) is 0 Å². The van der Waals surface area contributed by atoms with Crippen LogP contribution in [0, 0.1) is 0 Å². The van der Waals surface area contributed by atoms with Crippen molar-refractivity contribution >= 4 is 73.9 Å². The van der Waals surface area contributed by atoms with E-state index in [-0.39, 0.29) is 54.5 Å². The average Bonchev–Trinajstić information content (AvgIpc) is 2.90. The Morgan fingerprint density at radius 2 is 1.65 bits per heavy atom. The predicted molar refractivity (Wildman–Crippen MR) is 164 cm³/mol. The maximum Gasteiger partial charge on any atom is 0.243 e. The molecule has 2 amide bonds. The maximum atomic E-state index is 13.7. The van der Waals surface area contributed by atoms with Crippen LogP contribution < -0.4 is 9.62 Å². The second-order valence-electron chi connectivity index (χ2n) is 10.1. The molecule has 0 aliphatic heterocycles. The van der Waals surface area contributed by atoms with Crippen molar-refractivity contribution in [1.82, 2.24) is 10.2 Å². The van der Waals surface area contributed by atoms with Gasteiger partial charge in [0.15, 0.2) is 0 Å². The van der Waals surface area contributed by atoms with E-state index >= 15 is 0 Å². The number of rotatable bonds is 12. The molecule has 1 N–H and O–H groups in total. The van der Waals surface area contributed by atoms with E-state index in [9.17, 15) is 18.0 Å². The van der Waals surface area contributed by atoms with E-state index in [4.69, 9.17) is 46.4 Å². The van der Waals surface area contributed by atoms with E-state index in [2.05, 4.69) is 5.32 Å². The Morgan fingerprint density at radius 3 is 2.27 bits per heavy atom. The number of halogens is 4. The third-order valence-electron chi connectivity index (χ3n) is 7.00. The lowest BCUT2D eigenvalue weighted by Crippen LogP contribution is -2.51. The molecule has 40 heavy (non-hydrogen) atoms. The first kappa shape index (κ1) is 32.8. The molecular formula is C28H35Cl4N3O4S. The van der Waals surface area contributed by atoms with Crippen LogP contribution in [0.3, 0.4) is 0 Å². The average molecular weight is 651 g/mol. The first-order chi connectivity index (χ1) is 18.9. The Morgan fingerprint density at radius 1 is 0.975 bits per heavy atom. The quantitative estimate of drug-likeness (QED) is 0.265. The van der Waals surface area contributed by atoms with Gasteiger partial charge in [-0.15, -0.1) is 0 Å². The van der Waals surface area contributed by atoms with Gasteiger partial charge in [0, 0.05) is 30.6 Å². The molecular weight excluding hydrogens is 616 g/mol. The second-order valence-corrected chi connectivity index (χ2v) is 13.6. The van der Waals surface area contributed by atoms with Gasteiger partial charge in [-0.25, -0.2) is 8.42 Å². The van der Waals surface area contributed by atoms with Crippen molar-refractivity contribution in [1.29, 1.82) is 0 Å². The van der Waals surface area contributed by atoms with Crippen LogP contribution in [0.5, 0.6) is 0 Å². The smallest absolute Gasteiger partial charge is 0.243 e. The monoisotopic (exact) mass is 649 g/mol. The van der Waals surface area contributed by atoms with E-state index in [1.807, 2.05) is 6.92 Å². The third-order valence-corrected chi connectivity index (χ3v) is 9.48. The fraction of sp³-hybridized carbons (Fsp3) is 0.500. The molecule has 2 aromatic rings. The van der Waals surface area contributed by atoms with Gasteiger partial charge in [-0.1, -0.05) is 78.7 Å². The van der Waals surface area contributed by atoms with Gasteiger partial charge in [0.2, 0.25) is 21.8 Å². The van der Waals surface area contributed by atoms with Crippen molar-refractivity contribution in [3.05, 3.63) is 62.1 Å². The molecule has 1 aliphatic rings. The number of carbonyl (C=O) groups is 2. The van der Waals surface area contributed by atoms with Crippen molar-refractivity contribution in [2.75, 3.05) is 17.1 Å². The minimum atomic E-state index is -3.71. The number of hydrogen-bond donors (Lipinski definition) is 1. The topological polar surface area (TPSA) is 86.8 Å². The summed E-state index contributed by atoms with van der Waals surface area (Å²) in [7, 11) is -3.71. The summed E-state index contributed by atoms with van der Waals surface area (Å²) in [6.07, 6.45) is 6.86. The van der Waals surface area contributed by atoms with E-state index < -0.39 is 16.1 Å². The highest BCUT2D eigenvalue weighted by Crippen LogP contribution is 2.31. The molecule has 0 spiro atoms. The summed E-state index contributed by atoms with van der Waals surface area (Å²) < 4.78 is 26.3. The number of anilines is 1. The SMILES string of the molecule is CC[C@@H](C(=O)NC1CCCCC1)N(Cc1ccc(Cl)c(Cl)c1)C(=O)CCCN(c1cc(Cl)ccc1Cl)S(C)(=O)=O. The second kappa shape index (κ2) is 15.0. The number of sulfonamides is 1. The molecule has 0 aromatic heterocycles. The highest BCUT2D eigenvalue weighted by Gasteiger charge is 2.30. The minimum Gasteiger partial charge on any atom is -0.352 e. The molecule has 12 heteroatoms. The summed E-state index contributed by atoms with van der Waals surface area (Å²) in [5.41, 5.74) is 0.977. The lowest BCUT2D eigenvalue weighted by Gasteiger charge is -2.33. The standard InChI is InChI=1S/C28H35Cl4N3O4S/c1-3-25(28(37)33-21-8-5-4-6-9-21)34(18-19-11-13-22(30)24(32)16-19)27(36)10-7-15-35(40(2,38)39)26-17-20(29)12-14-23(26)31/h11-14,16-17,21,25H,3-10,15,18H2,1-2H3,(H,33,37)/t25-/m0/s1. The van der Waals surface area contributed by atoms with Crippen molar-refractivity contribution in [2.45, 2.75) is 76.9 Å². The molecule has 1 saturated carbocycles. The summed E-state index contributed by atoms with van der Waals surface area (Å²) >= 11 is 24.7. The maximum absolute atomic E-state index is 13.7. The Labute approximate surface area is 257 Å². The fourth-order valence-corrected chi connectivity index (χ4v) is 6.68. The number of hydrogen-bond acceptors (Lipinski definition) is 4. The summed E-state index contributed by atoms with van der Waals surface area (Å²) in [5, 5.41) is 4.46. The number of carbonyl (C=O) groups excluding carboxylic acids is 2. The van der Waals surface area contributed by atoms with Crippen LogP contribution in [-0.4, -0.2) is 50.0 Å². The molecule has 1 fully saturated rings. The largest absolute Gasteiger partial charge is 0.352 e. The van der Waals surface area contributed by atoms with Gasteiger partial charge < -0.3 is 10.2 Å². The van der Waals surface area contributed by atoms with Crippen molar-refractivity contribution < 1.29 is 18.0 Å². The molecule has 0 saturated heterocycles. The normalized spacial score (nSPS) is 14.9. The van der Waals surface area contributed by atoms with E-state index in [0.29, 0.717) is 21.5 Å². The number of benzene rings is 2. The Kier molecular flexibility index (Phi) is 12.3. The molecule has 7 nitrogen and oxygen atoms in total. The molecule has 2 aromatic carbocycles. The summed E-state index contributed by atoms with van der Waals surface area (Å²) in [4.78, 5) is 28.6. The zero-order valence-corrected chi connectivity index (χ0v) is 26.5. The van der Waals surface area contributed by atoms with E-state index in [1.165, 1.54) is 12.1 Å². The predicted octanol–water partition coefficient (Wildman–Crippen LogP) is 7.10. The zero-order chi connectivity index (χ0) is 29.4. The van der Waals surface area contributed by atoms with Gasteiger partial charge in [-0.2, -0.15) is 0 Å². The van der Waals surface area contributed by atoms with E-state index in [1.54, 1.807) is 29.2 Å². The van der Waals surface area contributed by atoms with E-state index in [0.717, 1.165) is 48.2 Å². The lowest BCUT2D eigenvalue weighted by molar-refractivity contribution is -0.141. The summed E-state index contributed by atoms with van der Waals surface area (Å²) in [5.74, 6) is -0.464. The van der Waals surface area contributed by atoms with Crippen LogP contribution in [0.1, 0.15) is 63.9 Å². The third kappa shape index (κ3) is 9.15. The molecule has 0 heterocycles. The summed E-state index contributed by atoms with van der Waals surface area (Å²) in [6, 6.07) is 9.09. The van der Waals surface area contributed by atoms with Gasteiger partial charge in [-0.3, -0.25) is 13.9 Å². The van der Waals surface area contributed by atoms with Crippen LogP contribution in [0.25, 0.3) is 0 Å². The molecule has 3 rings (SSSR count). The lowest BCUT2D eigenvalue weighted by atomic mass is 9.95. The van der Waals surface area contributed by atoms with Gasteiger partial charge in [-0.05, 0) is 61.6 Å². The first-order valence-electron chi connectivity index (χ1n) is 13.4. The van der Waals surface area contributed by atoms with Gasteiger partial charge in [0.25, 0.3) is 0 Å². The first-order valence-corrected chi connectivity index (χ1v) is 16.7. The molecule has 0 bridgehead atoms. The Bertz CT molecular complexity index is 1300. The number of nitrogens with one attached hydrogen (secondary N) is 1. The molecule has 1 aliphatic carbocycles. The zero-order valence-electron chi connectivity index (χ0n) is 22.6. The minimum absolute atomic E-state index is 0.0102. The molecule has 1 atom stereocenters. The Balaban J connectivity index is 1.80. The van der Waals surface area contributed by atoms with Crippen LogP contribution in [0.15, 0.2) is 36.4 Å². The van der Waals surface area contributed by atoms with Crippen LogP contribution in [0.2, 0.25) is 20.1 Å². The molecule has 220 valence electrons. The number of amides is 2.